The van der Waals surface area contributed by atoms with E-state index in [1.54, 1.807) is 11.8 Å². The molecule has 0 aromatic rings. The number of thioether (sulfide) groups is 1. The molecular weight excluding hydrogens is 322 g/mol. The van der Waals surface area contributed by atoms with Crippen molar-refractivity contribution in [1.82, 2.24) is 10.6 Å². The number of hydrogen-bond acceptors (Lipinski definition) is 3. The van der Waals surface area contributed by atoms with Crippen LogP contribution >= 0.6 is 11.8 Å². The maximum atomic E-state index is 12.7. The molecule has 4 fully saturated rings. The summed E-state index contributed by atoms with van der Waals surface area (Å²) in [7, 11) is 0. The zero-order valence-electron chi connectivity index (χ0n) is 14.8. The van der Waals surface area contributed by atoms with Gasteiger partial charge in [-0.05, 0) is 87.0 Å². The van der Waals surface area contributed by atoms with E-state index in [9.17, 15) is 9.59 Å². The van der Waals surface area contributed by atoms with Crippen LogP contribution < -0.4 is 16.4 Å². The molecule has 4 aliphatic carbocycles. The van der Waals surface area contributed by atoms with Crippen LogP contribution in [0.1, 0.15) is 51.9 Å². The van der Waals surface area contributed by atoms with Crippen LogP contribution in [0.2, 0.25) is 0 Å². The number of carbonyl (C=O) groups is 2. The molecule has 4 saturated carbocycles. The van der Waals surface area contributed by atoms with E-state index < -0.39 is 12.1 Å². The van der Waals surface area contributed by atoms with E-state index in [0.717, 1.165) is 23.5 Å². The number of hydrogen-bond donors (Lipinski definition) is 3. The smallest absolute Gasteiger partial charge is 0.312 e. The van der Waals surface area contributed by atoms with Gasteiger partial charge in [-0.1, -0.05) is 0 Å². The van der Waals surface area contributed by atoms with Crippen LogP contribution in [-0.2, 0) is 4.79 Å². The highest BCUT2D eigenvalue weighted by atomic mass is 32.2. The first-order valence-corrected chi connectivity index (χ1v) is 10.7. The lowest BCUT2D eigenvalue weighted by Gasteiger charge is -2.59. The Bertz CT molecular complexity index is 461. The lowest BCUT2D eigenvalue weighted by Crippen LogP contribution is -2.58. The maximum absolute atomic E-state index is 12.7. The normalized spacial score (nSPS) is 36.2. The molecule has 0 saturated heterocycles. The van der Waals surface area contributed by atoms with Gasteiger partial charge >= 0.3 is 6.03 Å². The van der Waals surface area contributed by atoms with E-state index in [1.807, 2.05) is 6.26 Å². The predicted molar refractivity (Wildman–Crippen MR) is 97.7 cm³/mol. The third-order valence-electron chi connectivity index (χ3n) is 6.61. The maximum Gasteiger partial charge on any atom is 0.312 e. The van der Waals surface area contributed by atoms with Crippen molar-refractivity contribution < 1.29 is 9.59 Å². The van der Waals surface area contributed by atoms with E-state index in [1.165, 1.54) is 38.5 Å². The van der Waals surface area contributed by atoms with Gasteiger partial charge in [0.15, 0.2) is 0 Å². The van der Waals surface area contributed by atoms with E-state index >= 15 is 0 Å². The summed E-state index contributed by atoms with van der Waals surface area (Å²) < 4.78 is 0. The summed E-state index contributed by atoms with van der Waals surface area (Å²) in [5.41, 5.74) is 5.52. The average Bonchev–Trinajstić information content (AvgIpc) is 2.49. The molecule has 0 aliphatic heterocycles. The standard InChI is InChI=1S/C18H31N3O2S/c1-11(20-16(22)15(3-4-24-2)21-17(19)23)18-8-12-5-13(9-18)7-14(6-12)10-18/h11-15H,3-10H2,1-2H3,(H,20,22)(H3,19,21,23). The Balaban J connectivity index is 1.63. The van der Waals surface area contributed by atoms with Gasteiger partial charge < -0.3 is 16.4 Å². The van der Waals surface area contributed by atoms with Gasteiger partial charge in [0.25, 0.3) is 0 Å². The molecule has 3 amide bonds. The minimum atomic E-state index is -0.626. The van der Waals surface area contributed by atoms with Gasteiger partial charge in [-0.25, -0.2) is 4.79 Å². The second-order valence-electron chi connectivity index (χ2n) is 8.35. The van der Waals surface area contributed by atoms with Gasteiger partial charge in [0, 0.05) is 6.04 Å². The highest BCUT2D eigenvalue weighted by Gasteiger charge is 2.53. The Kier molecular flexibility index (Phi) is 5.33. The van der Waals surface area contributed by atoms with Crippen molar-refractivity contribution in [2.75, 3.05) is 12.0 Å². The van der Waals surface area contributed by atoms with E-state index in [-0.39, 0.29) is 17.4 Å². The zero-order chi connectivity index (χ0) is 17.3. The average molecular weight is 354 g/mol. The summed E-state index contributed by atoms with van der Waals surface area (Å²) in [5.74, 6) is 3.35. The second-order valence-corrected chi connectivity index (χ2v) is 9.34. The molecule has 4 N–H and O–H groups in total. The van der Waals surface area contributed by atoms with Gasteiger partial charge in [-0.2, -0.15) is 11.8 Å². The molecule has 0 radical (unpaired) electrons. The molecule has 6 heteroatoms. The van der Waals surface area contributed by atoms with Crippen molar-refractivity contribution >= 4 is 23.7 Å². The Morgan fingerprint density at radius 3 is 2.12 bits per heavy atom. The first-order valence-electron chi connectivity index (χ1n) is 9.27. The van der Waals surface area contributed by atoms with Crippen LogP contribution in [0.5, 0.6) is 0 Å². The highest BCUT2D eigenvalue weighted by molar-refractivity contribution is 7.98. The van der Waals surface area contributed by atoms with Crippen LogP contribution in [-0.4, -0.2) is 36.0 Å². The van der Waals surface area contributed by atoms with Crippen molar-refractivity contribution in [1.29, 1.82) is 0 Å². The third-order valence-corrected chi connectivity index (χ3v) is 7.25. The lowest BCUT2D eigenvalue weighted by molar-refractivity contribution is -0.127. The zero-order valence-corrected chi connectivity index (χ0v) is 15.7. The van der Waals surface area contributed by atoms with Crippen molar-refractivity contribution in [3.8, 4) is 0 Å². The van der Waals surface area contributed by atoms with Gasteiger partial charge in [0.2, 0.25) is 5.91 Å². The fraction of sp³-hybridized carbons (Fsp3) is 0.889. The van der Waals surface area contributed by atoms with Crippen LogP contribution in [0, 0.1) is 23.2 Å². The quantitative estimate of drug-likeness (QED) is 0.657. The Hall–Kier alpha value is -0.910. The van der Waals surface area contributed by atoms with Crippen LogP contribution in [0.3, 0.4) is 0 Å². The first-order chi connectivity index (χ1) is 11.4. The van der Waals surface area contributed by atoms with Gasteiger partial charge in [-0.15, -0.1) is 0 Å². The summed E-state index contributed by atoms with van der Waals surface area (Å²) in [6.07, 6.45) is 10.6. The molecule has 0 aromatic heterocycles. The van der Waals surface area contributed by atoms with Gasteiger partial charge in [0.1, 0.15) is 6.04 Å². The second kappa shape index (κ2) is 7.14. The largest absolute Gasteiger partial charge is 0.352 e. The predicted octanol–water partition coefficient (Wildman–Crippen LogP) is 2.50. The van der Waals surface area contributed by atoms with Crippen LogP contribution in [0.4, 0.5) is 4.79 Å². The monoisotopic (exact) mass is 353 g/mol. The molecule has 136 valence electrons. The van der Waals surface area contributed by atoms with Crippen molar-refractivity contribution in [2.24, 2.45) is 28.9 Å². The summed E-state index contributed by atoms with van der Waals surface area (Å²) in [5, 5.41) is 5.84. The van der Waals surface area contributed by atoms with Crippen molar-refractivity contribution in [3.05, 3.63) is 0 Å². The summed E-state index contributed by atoms with van der Waals surface area (Å²) in [6, 6.07) is -0.977. The fourth-order valence-electron chi connectivity index (χ4n) is 5.85. The minimum Gasteiger partial charge on any atom is -0.352 e. The first kappa shape index (κ1) is 17.9. The highest BCUT2D eigenvalue weighted by Crippen LogP contribution is 2.61. The molecule has 4 aliphatic rings. The van der Waals surface area contributed by atoms with Gasteiger partial charge in [-0.3, -0.25) is 4.79 Å². The molecular formula is C18H31N3O2S. The van der Waals surface area contributed by atoms with E-state index in [0.29, 0.717) is 6.42 Å². The number of primary amides is 1. The number of amides is 3. The van der Waals surface area contributed by atoms with E-state index in [2.05, 4.69) is 17.6 Å². The SMILES string of the molecule is CSCCC(NC(N)=O)C(=O)NC(C)C12CC3CC(CC(C3)C1)C2. The molecule has 4 rings (SSSR count). The Morgan fingerprint density at radius 2 is 1.67 bits per heavy atom. The molecule has 0 heterocycles. The summed E-state index contributed by atoms with van der Waals surface area (Å²) >= 11 is 1.67. The Labute approximate surface area is 149 Å². The number of nitrogens with one attached hydrogen (secondary N) is 2. The topological polar surface area (TPSA) is 84.2 Å². The lowest BCUT2D eigenvalue weighted by atomic mass is 9.48. The number of nitrogens with two attached hydrogens (primary N) is 1. The molecule has 24 heavy (non-hydrogen) atoms. The Morgan fingerprint density at radius 1 is 1.12 bits per heavy atom. The third kappa shape index (κ3) is 3.68. The molecule has 2 atom stereocenters. The molecule has 0 spiro atoms. The summed E-state index contributed by atoms with van der Waals surface area (Å²) in [4.78, 5) is 23.9. The molecule has 4 bridgehead atoms. The molecule has 2 unspecified atom stereocenters. The fourth-order valence-corrected chi connectivity index (χ4v) is 6.32. The van der Waals surface area contributed by atoms with Crippen molar-refractivity contribution in [2.45, 2.75) is 64.0 Å². The van der Waals surface area contributed by atoms with E-state index in [4.69, 9.17) is 5.73 Å². The van der Waals surface area contributed by atoms with Gasteiger partial charge in [0.05, 0.1) is 0 Å². The minimum absolute atomic E-state index is 0.0777. The number of carbonyl (C=O) groups excluding carboxylic acids is 2. The summed E-state index contributed by atoms with van der Waals surface area (Å²) in [6.45, 7) is 2.17. The molecule has 5 nitrogen and oxygen atoms in total. The molecule has 0 aromatic carbocycles. The van der Waals surface area contributed by atoms with Crippen molar-refractivity contribution in [3.63, 3.8) is 0 Å². The van der Waals surface area contributed by atoms with Crippen LogP contribution in [0.25, 0.3) is 0 Å². The van der Waals surface area contributed by atoms with Crippen LogP contribution in [0.15, 0.2) is 0 Å². The number of urea groups is 1. The number of rotatable bonds is 7.